The lowest BCUT2D eigenvalue weighted by Gasteiger charge is -2.30. The third kappa shape index (κ3) is 8.52. The third-order valence-corrected chi connectivity index (χ3v) is 10.2. The molecule has 2 aliphatic rings. The van der Waals surface area contributed by atoms with E-state index in [-0.39, 0.29) is 17.9 Å². The first-order chi connectivity index (χ1) is 24.6. The molecule has 3 N–H and O–H groups in total. The molecule has 0 bridgehead atoms. The van der Waals surface area contributed by atoms with Crippen LogP contribution in [0.3, 0.4) is 0 Å². The van der Waals surface area contributed by atoms with E-state index in [1.807, 2.05) is 56.3 Å². The molecule has 1 atom stereocenters. The highest BCUT2D eigenvalue weighted by Crippen LogP contribution is 2.33. The number of hydrogen-bond acceptors (Lipinski definition) is 8. The number of amides is 1. The second-order valence-corrected chi connectivity index (χ2v) is 13.8. The maximum Gasteiger partial charge on any atom is 0.306 e. The number of benzene rings is 2. The number of aliphatic hydroxyl groups excluding tert-OH is 1. The van der Waals surface area contributed by atoms with Crippen molar-refractivity contribution in [3.63, 3.8) is 0 Å². The number of carbonyl (C=O) groups is 2. The zero-order valence-corrected chi connectivity index (χ0v) is 29.5. The normalized spacial score (nSPS) is 17.1. The summed E-state index contributed by atoms with van der Waals surface area (Å²) in [6.45, 7) is 8.27. The van der Waals surface area contributed by atoms with Gasteiger partial charge in [0.2, 0.25) is 0 Å². The average Bonchev–Trinajstić information content (AvgIpc) is 3.54. The molecule has 0 saturated carbocycles. The van der Waals surface area contributed by atoms with Crippen LogP contribution in [0.15, 0.2) is 60.9 Å². The summed E-state index contributed by atoms with van der Waals surface area (Å²) in [5.74, 6) is -1.32. The first kappa shape index (κ1) is 35.9. The topological polar surface area (TPSA) is 143 Å². The Labute approximate surface area is 303 Å². The number of aliphatic hydroxyl groups is 1. The molecule has 4 aromatic rings. The fourth-order valence-electron chi connectivity index (χ4n) is 6.85. The molecule has 0 aliphatic carbocycles. The number of carboxylic acid groups (broad SMARTS) is 1. The van der Waals surface area contributed by atoms with E-state index < -0.39 is 5.97 Å². The molecule has 0 spiro atoms. The van der Waals surface area contributed by atoms with Crippen LogP contribution in [-0.2, 0) is 17.9 Å². The quantitative estimate of drug-likeness (QED) is 0.167. The van der Waals surface area contributed by atoms with Gasteiger partial charge in [-0.05, 0) is 110 Å². The Morgan fingerprint density at radius 2 is 1.78 bits per heavy atom. The number of nitrogens with one attached hydrogen (secondary N) is 1. The number of carboxylic acids is 1. The maximum atomic E-state index is 13.2. The number of pyridine rings is 2. The van der Waals surface area contributed by atoms with Crippen LogP contribution in [0.2, 0.25) is 5.02 Å². The van der Waals surface area contributed by atoms with Crippen LogP contribution in [0, 0.1) is 31.1 Å². The van der Waals surface area contributed by atoms with Crippen LogP contribution in [0.25, 0.3) is 23.3 Å². The molecule has 1 amide bonds. The summed E-state index contributed by atoms with van der Waals surface area (Å²) in [6.07, 6.45) is 8.79. The molecule has 51 heavy (non-hydrogen) atoms. The predicted molar refractivity (Wildman–Crippen MR) is 198 cm³/mol. The Kier molecular flexibility index (Phi) is 11.2. The van der Waals surface area contributed by atoms with Gasteiger partial charge in [-0.25, -0.2) is 0 Å². The zero-order chi connectivity index (χ0) is 36.1. The number of hydrogen-bond donors (Lipinski definition) is 3. The molecule has 2 fully saturated rings. The molecule has 2 aromatic heterocycles. The number of aromatic nitrogens is 2. The number of piperidine rings is 1. The second-order valence-electron chi connectivity index (χ2n) is 13.4. The first-order valence-corrected chi connectivity index (χ1v) is 17.6. The van der Waals surface area contributed by atoms with Crippen molar-refractivity contribution in [3.05, 3.63) is 111 Å². The number of aryl methyl sites for hydroxylation is 1. The van der Waals surface area contributed by atoms with Gasteiger partial charge in [-0.3, -0.25) is 29.4 Å². The SMILES string of the molecule is Cc1cc(/C=C/c2nccc(-c3cccc(NC(=O)c4ccc(CN5CC[C@@H](O)C5)cn4)c3C)c2C#N)c(Cl)cc1CN1CCC(C(=O)O)CC1. The number of carbonyl (C=O) groups excluding carboxylic acids is 1. The van der Waals surface area contributed by atoms with Crippen molar-refractivity contribution in [1.82, 2.24) is 19.8 Å². The van der Waals surface area contributed by atoms with Gasteiger partial charge in [-0.2, -0.15) is 5.26 Å². The Balaban J connectivity index is 1.16. The highest BCUT2D eigenvalue weighted by molar-refractivity contribution is 6.32. The summed E-state index contributed by atoms with van der Waals surface area (Å²) in [4.78, 5) is 37.8. The standard InChI is InChI=1S/C40H41ClN6O4/c1-25-18-29(35(41)19-30(25)23-46-15-11-28(12-16-46)40(50)51)7-9-37-34(20-42)33(10-14-43-37)32-4-3-5-36(26(32)2)45-39(49)38-8-6-27(21-44-38)22-47-17-13-31(48)24-47/h3-10,14,18-19,21,28,31,48H,11-13,15-17,22-24H2,1-2H3,(H,45,49)(H,50,51)/b9-7+/t31-/m1/s1. The molecule has 6 rings (SSSR count). The maximum absolute atomic E-state index is 13.2. The van der Waals surface area contributed by atoms with E-state index in [0.29, 0.717) is 65.7 Å². The van der Waals surface area contributed by atoms with Crippen LogP contribution < -0.4 is 5.32 Å². The number of nitrogens with zero attached hydrogens (tertiary/aromatic N) is 5. The number of likely N-dealkylation sites (tertiary alicyclic amines) is 2. The molecule has 10 nitrogen and oxygen atoms in total. The molecule has 2 saturated heterocycles. The van der Waals surface area contributed by atoms with E-state index in [1.165, 1.54) is 0 Å². The molecule has 0 radical (unpaired) electrons. The van der Waals surface area contributed by atoms with Crippen molar-refractivity contribution in [3.8, 4) is 17.2 Å². The average molecular weight is 705 g/mol. The fraction of sp³-hybridized carbons (Fsp3) is 0.325. The van der Waals surface area contributed by atoms with E-state index in [1.54, 1.807) is 30.6 Å². The van der Waals surface area contributed by atoms with Gasteiger partial charge >= 0.3 is 5.97 Å². The minimum atomic E-state index is -0.718. The highest BCUT2D eigenvalue weighted by atomic mass is 35.5. The fourth-order valence-corrected chi connectivity index (χ4v) is 7.10. The Bertz CT molecular complexity index is 2000. The van der Waals surface area contributed by atoms with Gasteiger partial charge < -0.3 is 15.5 Å². The number of anilines is 1. The lowest BCUT2D eigenvalue weighted by Crippen LogP contribution is -2.36. The molecular formula is C40H41ClN6O4. The van der Waals surface area contributed by atoms with Crippen LogP contribution in [0.5, 0.6) is 0 Å². The summed E-state index contributed by atoms with van der Waals surface area (Å²) < 4.78 is 0. The van der Waals surface area contributed by atoms with Gasteiger partial charge in [0.05, 0.1) is 23.3 Å². The molecule has 2 aliphatic heterocycles. The summed E-state index contributed by atoms with van der Waals surface area (Å²) in [5.41, 5.74) is 8.04. The smallest absolute Gasteiger partial charge is 0.306 e. The molecule has 4 heterocycles. The summed E-state index contributed by atoms with van der Waals surface area (Å²) in [6, 6.07) is 17.3. The van der Waals surface area contributed by atoms with E-state index in [4.69, 9.17) is 11.6 Å². The van der Waals surface area contributed by atoms with Crippen LogP contribution >= 0.6 is 11.6 Å². The van der Waals surface area contributed by atoms with Crippen molar-refractivity contribution in [2.75, 3.05) is 31.5 Å². The van der Waals surface area contributed by atoms with Gasteiger partial charge in [0, 0.05) is 54.8 Å². The molecule has 0 unspecified atom stereocenters. The monoisotopic (exact) mass is 704 g/mol. The Morgan fingerprint density at radius 1 is 1.00 bits per heavy atom. The lowest BCUT2D eigenvalue weighted by molar-refractivity contribution is -0.143. The minimum Gasteiger partial charge on any atom is -0.481 e. The second kappa shape index (κ2) is 16.0. The van der Waals surface area contributed by atoms with E-state index in [0.717, 1.165) is 59.4 Å². The molecular weight excluding hydrogens is 664 g/mol. The summed E-state index contributed by atoms with van der Waals surface area (Å²) in [7, 11) is 0. The third-order valence-electron chi connectivity index (χ3n) is 9.88. The number of nitriles is 1. The Hall–Kier alpha value is -4.92. The van der Waals surface area contributed by atoms with Gasteiger partial charge in [-0.15, -0.1) is 0 Å². The van der Waals surface area contributed by atoms with Crippen molar-refractivity contribution in [2.45, 2.75) is 52.3 Å². The summed E-state index contributed by atoms with van der Waals surface area (Å²) in [5, 5.41) is 33.0. The number of rotatable bonds is 10. The first-order valence-electron chi connectivity index (χ1n) is 17.2. The van der Waals surface area contributed by atoms with Crippen molar-refractivity contribution < 1.29 is 19.8 Å². The van der Waals surface area contributed by atoms with Crippen LogP contribution in [0.4, 0.5) is 5.69 Å². The van der Waals surface area contributed by atoms with Crippen molar-refractivity contribution in [1.29, 1.82) is 5.26 Å². The number of β-amino-alcohol motifs (C(OH)–C–C–N with tert-alkyl or cyclic N) is 1. The van der Waals surface area contributed by atoms with Crippen LogP contribution in [-0.4, -0.2) is 74.1 Å². The van der Waals surface area contributed by atoms with E-state index >= 15 is 0 Å². The zero-order valence-electron chi connectivity index (χ0n) is 28.8. The van der Waals surface area contributed by atoms with Gasteiger partial charge in [0.1, 0.15) is 11.8 Å². The van der Waals surface area contributed by atoms with Crippen molar-refractivity contribution in [2.24, 2.45) is 5.92 Å². The Morgan fingerprint density at radius 3 is 2.47 bits per heavy atom. The van der Waals surface area contributed by atoms with E-state index in [9.17, 15) is 25.1 Å². The summed E-state index contributed by atoms with van der Waals surface area (Å²) >= 11 is 6.74. The largest absolute Gasteiger partial charge is 0.481 e. The molecule has 262 valence electrons. The van der Waals surface area contributed by atoms with Crippen LogP contribution in [0.1, 0.15) is 68.8 Å². The highest BCUT2D eigenvalue weighted by Gasteiger charge is 2.25. The van der Waals surface area contributed by atoms with Gasteiger partial charge in [0.25, 0.3) is 5.91 Å². The predicted octanol–water partition coefficient (Wildman–Crippen LogP) is 6.57. The lowest BCUT2D eigenvalue weighted by atomic mass is 9.94. The molecule has 2 aromatic carbocycles. The van der Waals surface area contributed by atoms with Gasteiger partial charge in [-0.1, -0.05) is 41.9 Å². The van der Waals surface area contributed by atoms with E-state index in [2.05, 4.69) is 31.2 Å². The van der Waals surface area contributed by atoms with Crippen molar-refractivity contribution >= 4 is 41.3 Å². The molecule has 11 heteroatoms. The number of aliphatic carboxylic acids is 1. The van der Waals surface area contributed by atoms with Gasteiger partial charge in [0.15, 0.2) is 0 Å². The number of halogens is 1. The minimum absolute atomic E-state index is 0.271.